The molecule has 0 aliphatic heterocycles. The van der Waals surface area contributed by atoms with Crippen LogP contribution in [0.3, 0.4) is 0 Å². The Morgan fingerprint density at radius 2 is 2.07 bits per heavy atom. The number of hydrogen-bond acceptors (Lipinski definition) is 5. The van der Waals surface area contributed by atoms with Gasteiger partial charge >= 0.3 is 0 Å². The van der Waals surface area contributed by atoms with E-state index in [2.05, 4.69) is 6.92 Å². The second-order valence-electron chi connectivity index (χ2n) is 8.12. The number of benzene rings is 1. The number of fused-ring (bicyclic) bond motifs is 3. The van der Waals surface area contributed by atoms with Crippen LogP contribution in [0, 0.1) is 5.92 Å². The molecule has 7 heteroatoms. The minimum atomic E-state index is -0.446. The summed E-state index contributed by atoms with van der Waals surface area (Å²) in [7, 11) is 3.52. The zero-order chi connectivity index (χ0) is 21.4. The van der Waals surface area contributed by atoms with Gasteiger partial charge < -0.3 is 4.90 Å². The Balaban J connectivity index is 1.83. The number of carbonyl (C=O) groups excluding carboxylic acids is 1. The third kappa shape index (κ3) is 3.81. The van der Waals surface area contributed by atoms with Gasteiger partial charge in [-0.15, -0.1) is 11.3 Å². The van der Waals surface area contributed by atoms with E-state index >= 15 is 0 Å². The van der Waals surface area contributed by atoms with Gasteiger partial charge in [-0.3, -0.25) is 14.2 Å². The molecule has 158 valence electrons. The van der Waals surface area contributed by atoms with Crippen LogP contribution in [-0.4, -0.2) is 34.5 Å². The van der Waals surface area contributed by atoms with Gasteiger partial charge in [0.25, 0.3) is 5.56 Å². The van der Waals surface area contributed by atoms with Gasteiger partial charge in [0.2, 0.25) is 5.91 Å². The van der Waals surface area contributed by atoms with Gasteiger partial charge in [-0.2, -0.15) is 0 Å². The average Bonchev–Trinajstić information content (AvgIpc) is 3.09. The summed E-state index contributed by atoms with van der Waals surface area (Å²) in [4.78, 5) is 35.1. The summed E-state index contributed by atoms with van der Waals surface area (Å²) in [5, 5.41) is 0.965. The molecule has 0 radical (unpaired) electrons. The minimum absolute atomic E-state index is 0.0116. The Morgan fingerprint density at radius 3 is 2.73 bits per heavy atom. The first kappa shape index (κ1) is 21.1. The molecule has 1 aliphatic carbocycles. The molecular formula is C23H27N3O2S2. The molecule has 0 N–H and O–H groups in total. The molecule has 5 nitrogen and oxygen atoms in total. The normalized spacial score (nSPS) is 17.0. The first-order valence-corrected chi connectivity index (χ1v) is 12.1. The Bertz CT molecular complexity index is 1130. The predicted octanol–water partition coefficient (Wildman–Crippen LogP) is 4.52. The SMILES string of the molecule is CCn1c(S[C@H](C(=O)N(C)C)c2ccccc2)nc2sc3c(c2c1=O)CC[C@@H](C)C3. The molecule has 30 heavy (non-hydrogen) atoms. The molecule has 1 amide bonds. The molecule has 0 saturated heterocycles. The Morgan fingerprint density at radius 1 is 1.33 bits per heavy atom. The van der Waals surface area contributed by atoms with E-state index in [9.17, 15) is 9.59 Å². The van der Waals surface area contributed by atoms with Crippen LogP contribution in [0.2, 0.25) is 0 Å². The molecule has 4 rings (SSSR count). The second-order valence-corrected chi connectivity index (χ2v) is 10.3. The number of amides is 1. The van der Waals surface area contributed by atoms with Gasteiger partial charge in [0.05, 0.1) is 5.39 Å². The molecule has 2 atom stereocenters. The molecule has 0 saturated carbocycles. The molecule has 0 bridgehead atoms. The molecule has 1 aliphatic rings. The molecule has 3 aromatic rings. The Hall–Kier alpha value is -2.12. The first-order chi connectivity index (χ1) is 14.4. The first-order valence-electron chi connectivity index (χ1n) is 10.4. The van der Waals surface area contributed by atoms with E-state index in [0.29, 0.717) is 17.6 Å². The van der Waals surface area contributed by atoms with E-state index < -0.39 is 5.25 Å². The van der Waals surface area contributed by atoms with Crippen LogP contribution in [0.25, 0.3) is 10.2 Å². The summed E-state index contributed by atoms with van der Waals surface area (Å²) in [6, 6.07) is 9.72. The Kier molecular flexibility index (Phi) is 6.02. The van der Waals surface area contributed by atoms with Crippen molar-refractivity contribution in [2.75, 3.05) is 14.1 Å². The quantitative estimate of drug-likeness (QED) is 0.431. The number of rotatable bonds is 5. The fraction of sp³-hybridized carbons (Fsp3) is 0.435. The lowest BCUT2D eigenvalue weighted by Crippen LogP contribution is -2.28. The van der Waals surface area contributed by atoms with Gasteiger partial charge in [0, 0.05) is 25.5 Å². The topological polar surface area (TPSA) is 55.2 Å². The van der Waals surface area contributed by atoms with Gasteiger partial charge in [-0.25, -0.2) is 4.98 Å². The minimum Gasteiger partial charge on any atom is -0.348 e. The van der Waals surface area contributed by atoms with Crippen molar-refractivity contribution in [3.8, 4) is 0 Å². The lowest BCUT2D eigenvalue weighted by atomic mass is 9.89. The van der Waals surface area contributed by atoms with Crippen LogP contribution in [-0.2, 0) is 24.2 Å². The lowest BCUT2D eigenvalue weighted by molar-refractivity contribution is -0.128. The number of aromatic nitrogens is 2. The zero-order valence-electron chi connectivity index (χ0n) is 17.8. The predicted molar refractivity (Wildman–Crippen MR) is 124 cm³/mol. The standard InChI is InChI=1S/C23H27N3O2S2/c1-5-26-21(27)18-16-12-11-14(2)13-17(16)29-20(18)24-23(26)30-19(22(28)25(3)4)15-9-7-6-8-10-15/h6-10,14,19H,5,11-13H2,1-4H3/t14-,19+/m1/s1. The molecule has 2 aromatic heterocycles. The van der Waals surface area contributed by atoms with E-state index in [-0.39, 0.29) is 11.5 Å². The molecular weight excluding hydrogens is 414 g/mol. The maximum absolute atomic E-state index is 13.4. The summed E-state index contributed by atoms with van der Waals surface area (Å²) in [6.07, 6.45) is 3.10. The fourth-order valence-corrected chi connectivity index (χ4v) is 6.73. The summed E-state index contributed by atoms with van der Waals surface area (Å²) in [5.74, 6) is 0.635. The maximum atomic E-state index is 13.4. The number of aryl methyl sites for hydroxylation is 1. The number of carbonyl (C=O) groups is 1. The van der Waals surface area contributed by atoms with Crippen LogP contribution < -0.4 is 5.56 Å². The molecule has 1 aromatic carbocycles. The van der Waals surface area contributed by atoms with Crippen molar-refractivity contribution in [2.24, 2.45) is 5.92 Å². The highest BCUT2D eigenvalue weighted by Gasteiger charge is 2.28. The van der Waals surface area contributed by atoms with Crippen molar-refractivity contribution in [2.45, 2.75) is 50.1 Å². The number of thioether (sulfide) groups is 1. The summed E-state index contributed by atoms with van der Waals surface area (Å²) < 4.78 is 1.73. The average molecular weight is 442 g/mol. The third-order valence-corrected chi connectivity index (χ3v) is 8.07. The van der Waals surface area contributed by atoms with E-state index in [4.69, 9.17) is 4.98 Å². The van der Waals surface area contributed by atoms with Crippen molar-refractivity contribution in [1.29, 1.82) is 0 Å². The molecule has 0 fully saturated rings. The van der Waals surface area contributed by atoms with Gasteiger partial charge in [0.1, 0.15) is 10.1 Å². The third-order valence-electron chi connectivity index (χ3n) is 5.69. The van der Waals surface area contributed by atoms with Gasteiger partial charge in [-0.05, 0) is 43.2 Å². The highest BCUT2D eigenvalue weighted by Crippen LogP contribution is 2.39. The fourth-order valence-electron chi connectivity index (χ4n) is 4.00. The number of nitrogens with zero attached hydrogens (tertiary/aromatic N) is 3. The van der Waals surface area contributed by atoms with E-state index in [0.717, 1.165) is 35.0 Å². The monoisotopic (exact) mass is 441 g/mol. The zero-order valence-corrected chi connectivity index (χ0v) is 19.5. The van der Waals surface area contributed by atoms with Crippen LogP contribution in [0.5, 0.6) is 0 Å². The summed E-state index contributed by atoms with van der Waals surface area (Å²) in [5.41, 5.74) is 2.15. The largest absolute Gasteiger partial charge is 0.348 e. The van der Waals surface area contributed by atoms with Crippen LogP contribution >= 0.6 is 23.1 Å². The number of likely N-dealkylation sites (N-methyl/N-ethyl adjacent to an activating group) is 1. The number of thiophene rings is 1. The van der Waals surface area contributed by atoms with Crippen molar-refractivity contribution in [3.63, 3.8) is 0 Å². The van der Waals surface area contributed by atoms with Crippen molar-refractivity contribution in [1.82, 2.24) is 14.5 Å². The smallest absolute Gasteiger partial charge is 0.263 e. The lowest BCUT2D eigenvalue weighted by Gasteiger charge is -2.21. The second kappa shape index (κ2) is 8.55. The highest BCUT2D eigenvalue weighted by atomic mass is 32.2. The van der Waals surface area contributed by atoms with E-state index in [1.54, 1.807) is 34.9 Å². The van der Waals surface area contributed by atoms with Gasteiger partial charge in [0.15, 0.2) is 5.16 Å². The van der Waals surface area contributed by atoms with Crippen LogP contribution in [0.1, 0.15) is 41.5 Å². The summed E-state index contributed by atoms with van der Waals surface area (Å²) in [6.45, 7) is 4.76. The molecule has 0 spiro atoms. The van der Waals surface area contributed by atoms with Crippen LogP contribution in [0.4, 0.5) is 0 Å². The van der Waals surface area contributed by atoms with E-state index in [1.807, 2.05) is 37.3 Å². The van der Waals surface area contributed by atoms with Gasteiger partial charge in [-0.1, -0.05) is 49.0 Å². The van der Waals surface area contributed by atoms with Crippen molar-refractivity contribution < 1.29 is 4.79 Å². The highest BCUT2D eigenvalue weighted by molar-refractivity contribution is 8.00. The van der Waals surface area contributed by atoms with Crippen molar-refractivity contribution in [3.05, 3.63) is 56.7 Å². The van der Waals surface area contributed by atoms with Crippen LogP contribution in [0.15, 0.2) is 40.3 Å². The summed E-state index contributed by atoms with van der Waals surface area (Å²) >= 11 is 3.03. The molecule has 0 unspecified atom stereocenters. The maximum Gasteiger partial charge on any atom is 0.263 e. The van der Waals surface area contributed by atoms with Crippen molar-refractivity contribution >= 4 is 39.2 Å². The Labute approximate surface area is 185 Å². The van der Waals surface area contributed by atoms with E-state index in [1.165, 1.54) is 22.2 Å². The number of hydrogen-bond donors (Lipinski definition) is 0. The molecule has 2 heterocycles.